The van der Waals surface area contributed by atoms with E-state index in [-0.39, 0.29) is 5.69 Å². The summed E-state index contributed by atoms with van der Waals surface area (Å²) in [6.45, 7) is 0. The third kappa shape index (κ3) is 1.85. The van der Waals surface area contributed by atoms with Gasteiger partial charge in [0.1, 0.15) is 0 Å². The monoisotopic (exact) mass is 269 g/mol. The maximum absolute atomic E-state index is 11.6. The highest BCUT2D eigenvalue weighted by Gasteiger charge is 2.17. The molecule has 0 saturated carbocycles. The molecule has 2 aromatic heterocycles. The number of nitrogens with zero attached hydrogens (tertiary/aromatic N) is 4. The van der Waals surface area contributed by atoms with Crippen molar-refractivity contribution < 1.29 is 9.53 Å². The Balaban J connectivity index is 2.19. The fourth-order valence-electron chi connectivity index (χ4n) is 1.90. The molecule has 0 saturated heterocycles. The molecule has 0 unspecified atom stereocenters. The van der Waals surface area contributed by atoms with Crippen LogP contribution in [0.15, 0.2) is 36.7 Å². The van der Waals surface area contributed by atoms with Crippen LogP contribution in [-0.2, 0) is 4.74 Å². The molecule has 0 aliphatic heterocycles. The van der Waals surface area contributed by atoms with Crippen molar-refractivity contribution >= 4 is 17.3 Å². The number of carbonyl (C=O) groups excluding carboxylic acids is 1. The van der Waals surface area contributed by atoms with Crippen molar-refractivity contribution in [1.82, 2.24) is 19.6 Å². The molecule has 20 heavy (non-hydrogen) atoms. The zero-order valence-corrected chi connectivity index (χ0v) is 10.6. The summed E-state index contributed by atoms with van der Waals surface area (Å²) in [6, 6.07) is 7.23. The third-order valence-corrected chi connectivity index (χ3v) is 2.87. The van der Waals surface area contributed by atoms with Gasteiger partial charge in [0.25, 0.3) is 0 Å². The molecule has 2 N–H and O–H groups in total. The summed E-state index contributed by atoms with van der Waals surface area (Å²) >= 11 is 0. The Morgan fingerprint density at radius 2 is 2.00 bits per heavy atom. The van der Waals surface area contributed by atoms with Gasteiger partial charge in [-0.25, -0.2) is 9.78 Å². The Kier molecular flexibility index (Phi) is 2.79. The molecule has 3 rings (SSSR count). The van der Waals surface area contributed by atoms with Gasteiger partial charge >= 0.3 is 5.97 Å². The molecule has 0 aliphatic rings. The Morgan fingerprint density at radius 3 is 2.70 bits per heavy atom. The number of nitrogens with two attached hydrogens (primary N) is 1. The summed E-state index contributed by atoms with van der Waals surface area (Å²) < 4.78 is 6.36. The lowest BCUT2D eigenvalue weighted by Gasteiger charge is -2.02. The number of hydrogen-bond acceptors (Lipinski definition) is 6. The maximum Gasteiger partial charge on any atom is 0.360 e. The van der Waals surface area contributed by atoms with Gasteiger partial charge in [0.15, 0.2) is 17.2 Å². The summed E-state index contributed by atoms with van der Waals surface area (Å²) in [5, 5.41) is 8.10. The van der Waals surface area contributed by atoms with E-state index in [4.69, 9.17) is 5.73 Å². The van der Waals surface area contributed by atoms with Gasteiger partial charge in [0.2, 0.25) is 0 Å². The summed E-state index contributed by atoms with van der Waals surface area (Å²) in [7, 11) is 1.30. The lowest BCUT2D eigenvalue weighted by Crippen LogP contribution is -2.07. The number of fused-ring (bicyclic) bond motifs is 1. The molecular formula is C13H11N5O2. The van der Waals surface area contributed by atoms with Gasteiger partial charge < -0.3 is 10.5 Å². The highest BCUT2D eigenvalue weighted by atomic mass is 16.5. The largest absolute Gasteiger partial charge is 0.464 e. The number of rotatable bonds is 2. The molecule has 0 fully saturated rings. The summed E-state index contributed by atoms with van der Waals surface area (Å²) in [5.74, 6) is 0.0550. The van der Waals surface area contributed by atoms with Crippen LogP contribution in [0.1, 0.15) is 10.5 Å². The fourth-order valence-corrected chi connectivity index (χ4v) is 1.90. The van der Waals surface area contributed by atoms with Crippen molar-refractivity contribution in [2.45, 2.75) is 0 Å². The van der Waals surface area contributed by atoms with Crippen LogP contribution >= 0.6 is 0 Å². The van der Waals surface area contributed by atoms with E-state index in [9.17, 15) is 4.79 Å². The zero-order chi connectivity index (χ0) is 14.1. The van der Waals surface area contributed by atoms with Gasteiger partial charge in [-0.05, 0) is 24.3 Å². The number of nitrogen functional groups attached to an aromatic ring is 1. The van der Waals surface area contributed by atoms with Gasteiger partial charge in [-0.3, -0.25) is 4.40 Å². The summed E-state index contributed by atoms with van der Waals surface area (Å²) in [4.78, 5) is 15.6. The minimum atomic E-state index is -0.549. The normalized spacial score (nSPS) is 10.7. The smallest absolute Gasteiger partial charge is 0.360 e. The van der Waals surface area contributed by atoms with Crippen molar-refractivity contribution in [3.8, 4) is 11.4 Å². The maximum atomic E-state index is 11.6. The Labute approximate surface area is 114 Å². The van der Waals surface area contributed by atoms with Gasteiger partial charge in [-0.15, -0.1) is 10.2 Å². The summed E-state index contributed by atoms with van der Waals surface area (Å²) in [6.07, 6.45) is 3.19. The standard InChI is InChI=1S/C13H11N5O2/c1-20-13(19)10-12-17-16-11(18(12)7-6-15-10)8-2-4-9(14)5-3-8/h2-7H,14H2,1H3. The van der Waals surface area contributed by atoms with Crippen molar-refractivity contribution in [2.75, 3.05) is 12.8 Å². The predicted octanol–water partition coefficient (Wildman–Crippen LogP) is 1.16. The minimum Gasteiger partial charge on any atom is -0.464 e. The number of carbonyl (C=O) groups is 1. The van der Waals surface area contributed by atoms with Crippen LogP contribution in [-0.4, -0.2) is 32.7 Å². The number of hydrogen-bond donors (Lipinski definition) is 1. The van der Waals surface area contributed by atoms with Gasteiger partial charge in [-0.1, -0.05) is 0 Å². The minimum absolute atomic E-state index is 0.129. The Morgan fingerprint density at radius 1 is 1.25 bits per heavy atom. The number of esters is 1. The topological polar surface area (TPSA) is 95.4 Å². The van der Waals surface area contributed by atoms with Crippen molar-refractivity contribution in [1.29, 1.82) is 0 Å². The highest BCUT2D eigenvalue weighted by Crippen LogP contribution is 2.20. The lowest BCUT2D eigenvalue weighted by molar-refractivity contribution is 0.0595. The second kappa shape index (κ2) is 4.61. The second-order valence-corrected chi connectivity index (χ2v) is 4.11. The van der Waals surface area contributed by atoms with Gasteiger partial charge in [-0.2, -0.15) is 0 Å². The van der Waals surface area contributed by atoms with E-state index in [1.807, 2.05) is 12.1 Å². The molecule has 7 nitrogen and oxygen atoms in total. The van der Waals surface area contributed by atoms with Crippen molar-refractivity contribution in [2.24, 2.45) is 0 Å². The van der Waals surface area contributed by atoms with Crippen LogP contribution in [0, 0.1) is 0 Å². The van der Waals surface area contributed by atoms with E-state index in [1.165, 1.54) is 13.3 Å². The number of benzene rings is 1. The van der Waals surface area contributed by atoms with Crippen LogP contribution in [0.5, 0.6) is 0 Å². The highest BCUT2D eigenvalue weighted by molar-refractivity contribution is 5.93. The van der Waals surface area contributed by atoms with Crippen LogP contribution in [0.4, 0.5) is 5.69 Å². The predicted molar refractivity (Wildman–Crippen MR) is 72.0 cm³/mol. The Bertz CT molecular complexity index is 779. The van der Waals surface area contributed by atoms with Crippen LogP contribution < -0.4 is 5.73 Å². The number of aromatic nitrogens is 4. The van der Waals surface area contributed by atoms with Crippen LogP contribution in [0.25, 0.3) is 17.0 Å². The average Bonchev–Trinajstić information content (AvgIpc) is 2.91. The first-order chi connectivity index (χ1) is 9.70. The molecule has 0 aliphatic carbocycles. The first-order valence-corrected chi connectivity index (χ1v) is 5.84. The Hall–Kier alpha value is -2.96. The first-order valence-electron chi connectivity index (χ1n) is 5.84. The average molecular weight is 269 g/mol. The first kappa shape index (κ1) is 12.1. The molecule has 0 spiro atoms. The molecular weight excluding hydrogens is 258 g/mol. The van der Waals surface area contributed by atoms with E-state index < -0.39 is 5.97 Å². The van der Waals surface area contributed by atoms with E-state index in [2.05, 4.69) is 19.9 Å². The second-order valence-electron chi connectivity index (χ2n) is 4.11. The molecule has 2 heterocycles. The van der Waals surface area contributed by atoms with Crippen molar-refractivity contribution in [3.63, 3.8) is 0 Å². The number of anilines is 1. The quantitative estimate of drug-likeness (QED) is 0.554. The molecule has 7 heteroatoms. The van der Waals surface area contributed by atoms with Crippen LogP contribution in [0.2, 0.25) is 0 Å². The molecule has 0 amide bonds. The van der Waals surface area contributed by atoms with E-state index in [1.54, 1.807) is 22.7 Å². The molecule has 0 atom stereocenters. The van der Waals surface area contributed by atoms with E-state index >= 15 is 0 Å². The lowest BCUT2D eigenvalue weighted by atomic mass is 10.2. The van der Waals surface area contributed by atoms with Gasteiger partial charge in [0.05, 0.1) is 7.11 Å². The molecule has 0 bridgehead atoms. The van der Waals surface area contributed by atoms with E-state index in [0.29, 0.717) is 17.2 Å². The van der Waals surface area contributed by atoms with Crippen LogP contribution in [0.3, 0.4) is 0 Å². The molecule has 100 valence electrons. The zero-order valence-electron chi connectivity index (χ0n) is 10.6. The molecule has 3 aromatic rings. The number of ether oxygens (including phenoxy) is 1. The molecule has 0 radical (unpaired) electrons. The van der Waals surface area contributed by atoms with Gasteiger partial charge in [0, 0.05) is 23.6 Å². The summed E-state index contributed by atoms with van der Waals surface area (Å²) in [5.41, 5.74) is 7.65. The molecule has 1 aromatic carbocycles. The number of methoxy groups -OCH3 is 1. The van der Waals surface area contributed by atoms with Crippen molar-refractivity contribution in [3.05, 3.63) is 42.4 Å². The van der Waals surface area contributed by atoms with E-state index in [0.717, 1.165) is 5.56 Å². The fraction of sp³-hybridized carbons (Fsp3) is 0.0769. The third-order valence-electron chi connectivity index (χ3n) is 2.87. The SMILES string of the molecule is COC(=O)c1nccn2c(-c3ccc(N)cc3)nnc12.